The van der Waals surface area contributed by atoms with Gasteiger partial charge in [0.05, 0.1) is 5.41 Å². The largest absolute Gasteiger partial charge is 0.306 e. The Bertz CT molecular complexity index is 830. The Hall–Kier alpha value is -0.810. The summed E-state index contributed by atoms with van der Waals surface area (Å²) in [6.45, 7) is 1.86. The third-order valence-electron chi connectivity index (χ3n) is 5.14. The van der Waals surface area contributed by atoms with Crippen LogP contribution in [0.15, 0.2) is 50.7 Å². The summed E-state index contributed by atoms with van der Waals surface area (Å²) in [6, 6.07) is 12.0. The van der Waals surface area contributed by atoms with E-state index in [2.05, 4.69) is 33.9 Å². The number of carbonyl (C=O) groups excluding carboxylic acids is 1. The van der Waals surface area contributed by atoms with Crippen LogP contribution in [-0.4, -0.2) is 30.8 Å². The minimum absolute atomic E-state index is 0.250. The third kappa shape index (κ3) is 2.64. The van der Waals surface area contributed by atoms with Gasteiger partial charge in [0.15, 0.2) is 5.78 Å². The molecular formula is C19H17BrClNOS. The first-order valence-corrected chi connectivity index (χ1v) is 9.99. The standard InChI is InChI=1S/C19H17BrClNOS/c1-22-8-6-19(7-9-22)15-4-3-13(21)11-17(15)24-16-5-2-12(20)10-14(16)18(19)23/h2-5,10-11H,6-9H2,1H3. The number of rotatable bonds is 0. The maximum absolute atomic E-state index is 13.6. The van der Waals surface area contributed by atoms with E-state index in [1.807, 2.05) is 30.3 Å². The number of hydrogen-bond donors (Lipinski definition) is 0. The molecule has 2 aromatic rings. The van der Waals surface area contributed by atoms with Crippen molar-refractivity contribution in [2.24, 2.45) is 0 Å². The summed E-state index contributed by atoms with van der Waals surface area (Å²) < 4.78 is 0.947. The molecule has 0 radical (unpaired) electrons. The Labute approximate surface area is 159 Å². The highest BCUT2D eigenvalue weighted by Gasteiger charge is 2.46. The van der Waals surface area contributed by atoms with Crippen LogP contribution < -0.4 is 0 Å². The van der Waals surface area contributed by atoms with Gasteiger partial charge in [-0.05, 0) is 68.9 Å². The van der Waals surface area contributed by atoms with E-state index in [0.717, 1.165) is 56.3 Å². The predicted octanol–water partition coefficient (Wildman–Crippen LogP) is 5.41. The number of hydrogen-bond acceptors (Lipinski definition) is 3. The molecule has 0 saturated carbocycles. The van der Waals surface area contributed by atoms with Crippen molar-refractivity contribution >= 4 is 45.1 Å². The fourth-order valence-electron chi connectivity index (χ4n) is 3.74. The zero-order valence-corrected chi connectivity index (χ0v) is 16.5. The van der Waals surface area contributed by atoms with Gasteiger partial charge in [0.2, 0.25) is 0 Å². The van der Waals surface area contributed by atoms with Gasteiger partial charge in [0, 0.05) is 24.8 Å². The summed E-state index contributed by atoms with van der Waals surface area (Å²) in [4.78, 5) is 18.1. The maximum atomic E-state index is 13.6. The first-order chi connectivity index (χ1) is 11.5. The molecule has 124 valence electrons. The topological polar surface area (TPSA) is 20.3 Å². The van der Waals surface area contributed by atoms with Crippen molar-refractivity contribution in [2.45, 2.75) is 28.0 Å². The van der Waals surface area contributed by atoms with Gasteiger partial charge < -0.3 is 4.90 Å². The molecule has 1 spiro atoms. The van der Waals surface area contributed by atoms with Crippen molar-refractivity contribution in [1.29, 1.82) is 0 Å². The number of fused-ring (bicyclic) bond motifs is 3. The predicted molar refractivity (Wildman–Crippen MR) is 102 cm³/mol. The van der Waals surface area contributed by atoms with Crippen LogP contribution in [0.5, 0.6) is 0 Å². The molecule has 2 aliphatic heterocycles. The molecule has 2 aliphatic rings. The number of halogens is 2. The fraction of sp³-hybridized carbons (Fsp3) is 0.316. The zero-order valence-electron chi connectivity index (χ0n) is 13.3. The third-order valence-corrected chi connectivity index (χ3v) is 7.00. The molecule has 2 nitrogen and oxygen atoms in total. The first-order valence-electron chi connectivity index (χ1n) is 8.00. The summed E-state index contributed by atoms with van der Waals surface area (Å²) >= 11 is 11.4. The Morgan fingerprint density at radius 2 is 1.88 bits per heavy atom. The quantitative estimate of drug-likeness (QED) is 0.566. The number of piperidine rings is 1. The molecule has 2 heterocycles. The van der Waals surface area contributed by atoms with Gasteiger partial charge in [-0.15, -0.1) is 0 Å². The van der Waals surface area contributed by atoms with E-state index in [9.17, 15) is 4.79 Å². The molecule has 5 heteroatoms. The SMILES string of the molecule is CN1CCC2(CC1)C(=O)c1cc(Br)ccc1Sc1cc(Cl)ccc12. The van der Waals surface area contributed by atoms with E-state index in [4.69, 9.17) is 11.6 Å². The molecule has 0 aliphatic carbocycles. The van der Waals surface area contributed by atoms with Gasteiger partial charge in [0.25, 0.3) is 0 Å². The number of Topliss-reactive ketones (excluding diaryl/α,β-unsaturated/α-hetero) is 1. The van der Waals surface area contributed by atoms with E-state index in [-0.39, 0.29) is 5.78 Å². The normalized spacial score (nSPS) is 19.7. The van der Waals surface area contributed by atoms with E-state index in [1.165, 1.54) is 0 Å². The lowest BCUT2D eigenvalue weighted by atomic mass is 9.68. The molecule has 1 fully saturated rings. The Kier molecular flexibility index (Phi) is 4.28. The van der Waals surface area contributed by atoms with Gasteiger partial charge in [-0.3, -0.25) is 4.79 Å². The number of carbonyl (C=O) groups is 1. The molecule has 1 saturated heterocycles. The lowest BCUT2D eigenvalue weighted by molar-refractivity contribution is 0.0788. The van der Waals surface area contributed by atoms with Crippen molar-refractivity contribution in [3.8, 4) is 0 Å². The number of benzene rings is 2. The zero-order chi connectivity index (χ0) is 16.9. The van der Waals surface area contributed by atoms with Crippen molar-refractivity contribution < 1.29 is 4.79 Å². The van der Waals surface area contributed by atoms with Crippen molar-refractivity contribution in [1.82, 2.24) is 4.90 Å². The Morgan fingerprint density at radius 3 is 2.62 bits per heavy atom. The second-order valence-corrected chi connectivity index (χ2v) is 9.03. The lowest BCUT2D eigenvalue weighted by Gasteiger charge is -2.40. The Morgan fingerprint density at radius 1 is 1.12 bits per heavy atom. The second kappa shape index (κ2) is 6.17. The van der Waals surface area contributed by atoms with E-state index >= 15 is 0 Å². The van der Waals surface area contributed by atoms with Gasteiger partial charge in [-0.2, -0.15) is 0 Å². The Balaban J connectivity index is 1.96. The molecule has 2 aromatic carbocycles. The molecule has 0 atom stereocenters. The summed E-state index contributed by atoms with van der Waals surface area (Å²) in [7, 11) is 2.12. The van der Waals surface area contributed by atoms with Crippen LogP contribution in [0.25, 0.3) is 0 Å². The van der Waals surface area contributed by atoms with Crippen LogP contribution in [0.2, 0.25) is 5.02 Å². The molecule has 24 heavy (non-hydrogen) atoms. The van der Waals surface area contributed by atoms with Crippen LogP contribution in [0, 0.1) is 0 Å². The van der Waals surface area contributed by atoms with Gasteiger partial charge in [-0.25, -0.2) is 0 Å². The van der Waals surface area contributed by atoms with Crippen LogP contribution in [0.3, 0.4) is 0 Å². The lowest BCUT2D eigenvalue weighted by Crippen LogP contribution is -2.46. The summed E-state index contributed by atoms with van der Waals surface area (Å²) in [5, 5.41) is 0.720. The number of ketones is 1. The molecule has 0 bridgehead atoms. The monoisotopic (exact) mass is 421 g/mol. The fourth-order valence-corrected chi connectivity index (χ4v) is 5.53. The minimum atomic E-state index is -0.439. The molecule has 0 amide bonds. The van der Waals surface area contributed by atoms with Crippen LogP contribution in [0.1, 0.15) is 28.8 Å². The number of nitrogens with zero attached hydrogens (tertiary/aromatic N) is 1. The second-order valence-electron chi connectivity index (χ2n) is 6.60. The highest BCUT2D eigenvalue weighted by molar-refractivity contribution is 9.10. The van der Waals surface area contributed by atoms with Crippen molar-refractivity contribution in [3.63, 3.8) is 0 Å². The summed E-state index contributed by atoms with van der Waals surface area (Å²) in [5.41, 5.74) is 1.53. The molecule has 0 unspecified atom stereocenters. The van der Waals surface area contributed by atoms with Gasteiger partial charge in [0.1, 0.15) is 0 Å². The summed E-state index contributed by atoms with van der Waals surface area (Å²) in [5.74, 6) is 0.250. The van der Waals surface area contributed by atoms with Crippen LogP contribution in [0.4, 0.5) is 0 Å². The minimum Gasteiger partial charge on any atom is -0.306 e. The maximum Gasteiger partial charge on any atom is 0.174 e. The molecule has 0 N–H and O–H groups in total. The van der Waals surface area contributed by atoms with E-state index in [1.54, 1.807) is 11.8 Å². The van der Waals surface area contributed by atoms with Crippen molar-refractivity contribution in [3.05, 3.63) is 57.0 Å². The smallest absolute Gasteiger partial charge is 0.174 e. The molecular weight excluding hydrogens is 406 g/mol. The number of likely N-dealkylation sites (tertiary alicyclic amines) is 1. The highest BCUT2D eigenvalue weighted by atomic mass is 79.9. The van der Waals surface area contributed by atoms with E-state index in [0.29, 0.717) is 0 Å². The molecule has 0 aromatic heterocycles. The van der Waals surface area contributed by atoms with Gasteiger partial charge >= 0.3 is 0 Å². The summed E-state index contributed by atoms with van der Waals surface area (Å²) in [6.07, 6.45) is 1.70. The highest BCUT2D eigenvalue weighted by Crippen LogP contribution is 2.49. The van der Waals surface area contributed by atoms with Gasteiger partial charge in [-0.1, -0.05) is 45.4 Å². The van der Waals surface area contributed by atoms with Crippen molar-refractivity contribution in [2.75, 3.05) is 20.1 Å². The van der Waals surface area contributed by atoms with E-state index < -0.39 is 5.41 Å². The first kappa shape index (κ1) is 16.6. The van der Waals surface area contributed by atoms with Crippen LogP contribution >= 0.6 is 39.3 Å². The molecule has 4 rings (SSSR count). The average molecular weight is 423 g/mol. The van der Waals surface area contributed by atoms with Crippen LogP contribution in [-0.2, 0) is 5.41 Å². The average Bonchev–Trinajstić information content (AvgIpc) is 2.65.